The maximum Gasteiger partial charge on any atom is 0.335 e. The molecule has 0 saturated heterocycles. The molecule has 1 aliphatic carbocycles. The lowest BCUT2D eigenvalue weighted by Gasteiger charge is -2.10. The first-order valence-electron chi connectivity index (χ1n) is 7.90. The van der Waals surface area contributed by atoms with Crippen molar-refractivity contribution in [2.45, 2.75) is 32.1 Å². The minimum Gasteiger partial charge on any atom is -0.478 e. The fraction of sp³-hybridized carbons (Fsp3) is 0.471. The van der Waals surface area contributed by atoms with E-state index in [-0.39, 0.29) is 0 Å². The molecular weight excluding hydrogens is 292 g/mol. The smallest absolute Gasteiger partial charge is 0.335 e. The number of hydrogen-bond acceptors (Lipinski definition) is 4. The van der Waals surface area contributed by atoms with Crippen LogP contribution in [0.4, 0.5) is 0 Å². The topological polar surface area (TPSA) is 82.1 Å². The molecular formula is C17H22N4O2. The van der Waals surface area contributed by atoms with Crippen molar-refractivity contribution in [2.24, 2.45) is 0 Å². The average molecular weight is 314 g/mol. The van der Waals surface area contributed by atoms with E-state index in [1.165, 1.54) is 0 Å². The Labute approximate surface area is 135 Å². The average Bonchev–Trinajstić information content (AvgIpc) is 3.23. The van der Waals surface area contributed by atoms with Crippen LogP contribution in [0.1, 0.15) is 46.1 Å². The van der Waals surface area contributed by atoms with Gasteiger partial charge in [-0.1, -0.05) is 0 Å². The SMILES string of the molecule is Cc1c(C(=O)O)cc(-c2nnc(CCN(C)C)[nH]2)cc1C1CC1. The number of aromatic nitrogens is 3. The number of nitrogens with zero attached hydrogens (tertiary/aromatic N) is 3. The van der Waals surface area contributed by atoms with E-state index in [9.17, 15) is 9.90 Å². The summed E-state index contributed by atoms with van der Waals surface area (Å²) in [6.07, 6.45) is 3.05. The van der Waals surface area contributed by atoms with Crippen LogP contribution in [-0.2, 0) is 6.42 Å². The molecule has 23 heavy (non-hydrogen) atoms. The number of carbonyl (C=O) groups is 1. The molecule has 1 aromatic heterocycles. The second-order valence-corrected chi connectivity index (χ2v) is 6.49. The second-order valence-electron chi connectivity index (χ2n) is 6.49. The maximum absolute atomic E-state index is 11.5. The molecule has 0 atom stereocenters. The van der Waals surface area contributed by atoms with Gasteiger partial charge in [-0.2, -0.15) is 0 Å². The number of aromatic amines is 1. The molecule has 122 valence electrons. The third-order valence-electron chi connectivity index (χ3n) is 4.30. The summed E-state index contributed by atoms with van der Waals surface area (Å²) in [6.45, 7) is 2.78. The van der Waals surface area contributed by atoms with Crippen molar-refractivity contribution in [3.8, 4) is 11.4 Å². The molecule has 0 radical (unpaired) electrons. The first kappa shape index (κ1) is 15.7. The van der Waals surface area contributed by atoms with E-state index in [2.05, 4.69) is 26.1 Å². The Kier molecular flexibility index (Phi) is 4.17. The zero-order chi connectivity index (χ0) is 16.6. The number of H-pyrrole nitrogens is 1. The van der Waals surface area contributed by atoms with Gasteiger partial charge in [0.25, 0.3) is 0 Å². The van der Waals surface area contributed by atoms with Crippen LogP contribution in [0.5, 0.6) is 0 Å². The van der Waals surface area contributed by atoms with Crippen molar-refractivity contribution < 1.29 is 9.90 Å². The summed E-state index contributed by atoms with van der Waals surface area (Å²) in [6, 6.07) is 3.76. The molecule has 0 amide bonds. The van der Waals surface area contributed by atoms with Crippen molar-refractivity contribution >= 4 is 5.97 Å². The van der Waals surface area contributed by atoms with Crippen LogP contribution in [0, 0.1) is 6.92 Å². The Morgan fingerprint density at radius 3 is 2.70 bits per heavy atom. The van der Waals surface area contributed by atoms with E-state index in [1.54, 1.807) is 6.07 Å². The summed E-state index contributed by atoms with van der Waals surface area (Å²) in [5.41, 5.74) is 3.16. The lowest BCUT2D eigenvalue weighted by molar-refractivity contribution is 0.0696. The summed E-state index contributed by atoms with van der Waals surface area (Å²) >= 11 is 0. The number of hydrogen-bond donors (Lipinski definition) is 2. The lowest BCUT2D eigenvalue weighted by atomic mass is 9.95. The van der Waals surface area contributed by atoms with Crippen LogP contribution in [0.25, 0.3) is 11.4 Å². The molecule has 1 heterocycles. The van der Waals surface area contributed by atoms with Gasteiger partial charge in [0.1, 0.15) is 5.82 Å². The maximum atomic E-state index is 11.5. The highest BCUT2D eigenvalue weighted by Crippen LogP contribution is 2.43. The molecule has 0 unspecified atom stereocenters. The Bertz CT molecular complexity index is 732. The van der Waals surface area contributed by atoms with E-state index >= 15 is 0 Å². The van der Waals surface area contributed by atoms with E-state index in [4.69, 9.17) is 0 Å². The van der Waals surface area contributed by atoms with Crippen molar-refractivity contribution in [3.63, 3.8) is 0 Å². The Hall–Kier alpha value is -2.21. The molecule has 2 aromatic rings. The largest absolute Gasteiger partial charge is 0.478 e. The number of nitrogens with one attached hydrogen (secondary N) is 1. The number of likely N-dealkylation sites (N-methyl/N-ethyl adjacent to an activating group) is 1. The summed E-state index contributed by atoms with van der Waals surface area (Å²) in [5, 5.41) is 17.8. The Morgan fingerprint density at radius 2 is 2.09 bits per heavy atom. The van der Waals surface area contributed by atoms with Crippen molar-refractivity contribution in [3.05, 3.63) is 34.6 Å². The van der Waals surface area contributed by atoms with Gasteiger partial charge in [-0.25, -0.2) is 4.79 Å². The molecule has 2 N–H and O–H groups in total. The fourth-order valence-electron chi connectivity index (χ4n) is 2.78. The van der Waals surface area contributed by atoms with Gasteiger partial charge in [0.2, 0.25) is 0 Å². The number of carboxylic acids is 1. The van der Waals surface area contributed by atoms with Crippen LogP contribution in [0.15, 0.2) is 12.1 Å². The first-order chi connectivity index (χ1) is 11.0. The molecule has 6 heteroatoms. The van der Waals surface area contributed by atoms with Gasteiger partial charge in [0, 0.05) is 18.5 Å². The van der Waals surface area contributed by atoms with Gasteiger partial charge < -0.3 is 15.0 Å². The number of benzene rings is 1. The van der Waals surface area contributed by atoms with Crippen LogP contribution >= 0.6 is 0 Å². The first-order valence-corrected chi connectivity index (χ1v) is 7.90. The third-order valence-corrected chi connectivity index (χ3v) is 4.30. The van der Waals surface area contributed by atoms with Gasteiger partial charge in [-0.05, 0) is 63.0 Å². The molecule has 1 saturated carbocycles. The molecule has 1 fully saturated rings. The standard InChI is InChI=1S/C17H22N4O2/c1-10-13(11-4-5-11)8-12(9-14(10)17(22)23)16-18-15(19-20-16)6-7-21(2)3/h8-9,11H,4-7H2,1-3H3,(H,22,23)(H,18,19,20). The van der Waals surface area contributed by atoms with Crippen LogP contribution in [0.3, 0.4) is 0 Å². The molecule has 3 rings (SSSR count). The predicted molar refractivity (Wildman–Crippen MR) is 87.7 cm³/mol. The number of carboxylic acid groups (broad SMARTS) is 1. The zero-order valence-electron chi connectivity index (χ0n) is 13.8. The third kappa shape index (κ3) is 3.42. The minimum absolute atomic E-state index is 0.357. The highest BCUT2D eigenvalue weighted by atomic mass is 16.4. The number of rotatable bonds is 6. The fourth-order valence-corrected chi connectivity index (χ4v) is 2.78. The molecule has 0 bridgehead atoms. The van der Waals surface area contributed by atoms with Crippen LogP contribution < -0.4 is 0 Å². The highest BCUT2D eigenvalue weighted by Gasteiger charge is 2.28. The lowest BCUT2D eigenvalue weighted by Crippen LogP contribution is -2.15. The van der Waals surface area contributed by atoms with E-state index in [0.717, 1.165) is 48.3 Å². The quantitative estimate of drug-likeness (QED) is 0.856. The van der Waals surface area contributed by atoms with E-state index < -0.39 is 5.97 Å². The Morgan fingerprint density at radius 1 is 1.35 bits per heavy atom. The highest BCUT2D eigenvalue weighted by molar-refractivity contribution is 5.91. The Balaban J connectivity index is 1.94. The summed E-state index contributed by atoms with van der Waals surface area (Å²) in [5.74, 6) is 1.06. The second kappa shape index (κ2) is 6.12. The molecule has 1 aliphatic rings. The van der Waals surface area contributed by atoms with Gasteiger partial charge >= 0.3 is 5.97 Å². The summed E-state index contributed by atoms with van der Waals surface area (Å²) in [4.78, 5) is 16.8. The monoisotopic (exact) mass is 314 g/mol. The molecule has 0 aliphatic heterocycles. The van der Waals surface area contributed by atoms with Crippen molar-refractivity contribution in [1.82, 2.24) is 20.1 Å². The van der Waals surface area contributed by atoms with Gasteiger partial charge in [0.05, 0.1) is 5.56 Å². The summed E-state index contributed by atoms with van der Waals surface area (Å²) in [7, 11) is 4.02. The van der Waals surface area contributed by atoms with Crippen molar-refractivity contribution in [2.75, 3.05) is 20.6 Å². The predicted octanol–water partition coefficient (Wildman–Crippen LogP) is 2.46. The van der Waals surface area contributed by atoms with Crippen LogP contribution in [0.2, 0.25) is 0 Å². The number of aromatic carboxylic acids is 1. The molecule has 6 nitrogen and oxygen atoms in total. The van der Waals surface area contributed by atoms with E-state index in [0.29, 0.717) is 17.3 Å². The van der Waals surface area contributed by atoms with Crippen molar-refractivity contribution in [1.29, 1.82) is 0 Å². The molecule has 0 spiro atoms. The van der Waals surface area contributed by atoms with Gasteiger partial charge in [-0.15, -0.1) is 10.2 Å². The van der Waals surface area contributed by atoms with Gasteiger partial charge in [-0.3, -0.25) is 0 Å². The molecule has 1 aromatic carbocycles. The minimum atomic E-state index is -0.890. The van der Waals surface area contributed by atoms with E-state index in [1.807, 2.05) is 21.0 Å². The normalized spacial score (nSPS) is 14.4. The zero-order valence-corrected chi connectivity index (χ0v) is 13.8. The summed E-state index contributed by atoms with van der Waals surface area (Å²) < 4.78 is 0. The van der Waals surface area contributed by atoms with Crippen LogP contribution in [-0.4, -0.2) is 51.8 Å². The van der Waals surface area contributed by atoms with Gasteiger partial charge in [0.15, 0.2) is 5.82 Å².